The van der Waals surface area contributed by atoms with E-state index in [-0.39, 0.29) is 24.2 Å². The van der Waals surface area contributed by atoms with E-state index in [9.17, 15) is 10.2 Å². The molecule has 0 saturated heterocycles. The number of nitrogens with one attached hydrogen (secondary N) is 1. The molecule has 4 heteroatoms. The van der Waals surface area contributed by atoms with Gasteiger partial charge < -0.3 is 15.5 Å². The summed E-state index contributed by atoms with van der Waals surface area (Å²) in [5, 5.41) is 22.2. The molecule has 0 radical (unpaired) electrons. The van der Waals surface area contributed by atoms with E-state index in [1.54, 1.807) is 0 Å². The lowest BCUT2D eigenvalue weighted by atomic mass is 9.70. The van der Waals surface area contributed by atoms with Crippen LogP contribution in [-0.2, 0) is 0 Å². The first-order valence-corrected chi connectivity index (χ1v) is 8.49. The van der Waals surface area contributed by atoms with Crippen molar-refractivity contribution in [3.05, 3.63) is 0 Å². The number of rotatable bonds is 8. The molecule has 0 amide bonds. The molecule has 3 N–H and O–H groups in total. The summed E-state index contributed by atoms with van der Waals surface area (Å²) in [5.41, 5.74) is 0.416. The maximum Gasteiger partial charge on any atom is 0.0558 e. The van der Waals surface area contributed by atoms with Gasteiger partial charge in [-0.3, -0.25) is 4.90 Å². The average Bonchev–Trinajstić information content (AvgIpc) is 2.40. The normalized spacial score (nSPS) is 27.3. The van der Waals surface area contributed by atoms with Crippen LogP contribution in [0.2, 0.25) is 0 Å². The van der Waals surface area contributed by atoms with Gasteiger partial charge in [0, 0.05) is 31.7 Å². The van der Waals surface area contributed by atoms with Gasteiger partial charge in [0.05, 0.1) is 13.2 Å². The summed E-state index contributed by atoms with van der Waals surface area (Å²) in [7, 11) is 0. The summed E-state index contributed by atoms with van der Waals surface area (Å²) < 4.78 is 0. The minimum atomic E-state index is 0.134. The van der Waals surface area contributed by atoms with Gasteiger partial charge in [0.15, 0.2) is 0 Å². The topological polar surface area (TPSA) is 55.7 Å². The zero-order chi connectivity index (χ0) is 15.9. The molecule has 0 spiro atoms. The lowest BCUT2D eigenvalue weighted by molar-refractivity contribution is 0.0611. The summed E-state index contributed by atoms with van der Waals surface area (Å²) in [5.74, 6) is 0.830. The summed E-state index contributed by atoms with van der Waals surface area (Å²) >= 11 is 0. The largest absolute Gasteiger partial charge is 0.395 e. The summed E-state index contributed by atoms with van der Waals surface area (Å²) in [4.78, 5) is 2.22. The highest BCUT2D eigenvalue weighted by Gasteiger charge is 2.36. The fourth-order valence-corrected chi connectivity index (χ4v) is 3.25. The van der Waals surface area contributed by atoms with E-state index in [2.05, 4.69) is 37.9 Å². The predicted octanol–water partition coefficient (Wildman–Crippen LogP) is 1.86. The number of hydrogen-bond acceptors (Lipinski definition) is 4. The first kappa shape index (κ1) is 18.9. The molecule has 1 saturated carbocycles. The van der Waals surface area contributed by atoms with E-state index in [4.69, 9.17) is 0 Å². The van der Waals surface area contributed by atoms with Crippen molar-refractivity contribution in [1.82, 2.24) is 10.2 Å². The predicted molar refractivity (Wildman–Crippen MR) is 88.4 cm³/mol. The molecule has 0 bridgehead atoms. The Bertz CT molecular complexity index is 275. The highest BCUT2D eigenvalue weighted by atomic mass is 16.3. The summed E-state index contributed by atoms with van der Waals surface area (Å²) in [6, 6.07) is 0. The smallest absolute Gasteiger partial charge is 0.0558 e. The Labute approximate surface area is 130 Å². The van der Waals surface area contributed by atoms with Crippen molar-refractivity contribution < 1.29 is 10.2 Å². The number of nitrogens with zero attached hydrogens (tertiary/aromatic N) is 1. The zero-order valence-corrected chi connectivity index (χ0v) is 14.5. The van der Waals surface area contributed by atoms with Crippen molar-refractivity contribution in [2.24, 2.45) is 11.3 Å². The first-order valence-electron chi connectivity index (χ1n) is 8.49. The van der Waals surface area contributed by atoms with E-state index in [1.165, 1.54) is 25.7 Å². The van der Waals surface area contributed by atoms with Gasteiger partial charge in [-0.15, -0.1) is 0 Å². The molecule has 21 heavy (non-hydrogen) atoms. The van der Waals surface area contributed by atoms with Gasteiger partial charge in [-0.1, -0.05) is 19.8 Å². The quantitative estimate of drug-likeness (QED) is 0.640. The minimum absolute atomic E-state index is 0.134. The van der Waals surface area contributed by atoms with Crippen molar-refractivity contribution in [3.63, 3.8) is 0 Å². The maximum atomic E-state index is 9.24. The Morgan fingerprint density at radius 2 is 1.62 bits per heavy atom. The fraction of sp³-hybridized carbons (Fsp3) is 1.00. The molecule has 0 aromatic heterocycles. The second-order valence-electron chi connectivity index (χ2n) is 8.01. The molecule has 0 aromatic rings. The van der Waals surface area contributed by atoms with Gasteiger partial charge in [-0.25, -0.2) is 0 Å². The summed E-state index contributed by atoms with van der Waals surface area (Å²) in [6.07, 6.45) is 5.06. The van der Waals surface area contributed by atoms with Crippen LogP contribution in [0, 0.1) is 11.3 Å². The second kappa shape index (κ2) is 8.47. The molecule has 0 aromatic carbocycles. The molecule has 4 nitrogen and oxygen atoms in total. The first-order chi connectivity index (χ1) is 9.80. The van der Waals surface area contributed by atoms with Crippen LogP contribution in [0.4, 0.5) is 0 Å². The maximum absolute atomic E-state index is 9.24. The molecule has 1 aliphatic rings. The van der Waals surface area contributed by atoms with Gasteiger partial charge in [0.2, 0.25) is 0 Å². The SMILES string of the molecule is CC1CCC(CNC(C)(C)C)(CN(CCO)CCO)CC1. The molecule has 126 valence electrons. The Balaban J connectivity index is 2.70. The van der Waals surface area contributed by atoms with Crippen LogP contribution in [0.15, 0.2) is 0 Å². The van der Waals surface area contributed by atoms with Gasteiger partial charge in [-0.2, -0.15) is 0 Å². The Morgan fingerprint density at radius 3 is 2.05 bits per heavy atom. The molecule has 0 aliphatic heterocycles. The van der Waals surface area contributed by atoms with Crippen LogP contribution in [0.25, 0.3) is 0 Å². The fourth-order valence-electron chi connectivity index (χ4n) is 3.25. The van der Waals surface area contributed by atoms with E-state index >= 15 is 0 Å². The van der Waals surface area contributed by atoms with Crippen LogP contribution in [0.3, 0.4) is 0 Å². The van der Waals surface area contributed by atoms with Crippen LogP contribution >= 0.6 is 0 Å². The van der Waals surface area contributed by atoms with E-state index in [0.29, 0.717) is 13.1 Å². The average molecular weight is 300 g/mol. The van der Waals surface area contributed by atoms with Crippen LogP contribution in [-0.4, -0.2) is 60.0 Å². The van der Waals surface area contributed by atoms with Gasteiger partial charge in [-0.05, 0) is 44.9 Å². The molecule has 0 atom stereocenters. The third kappa shape index (κ3) is 7.09. The zero-order valence-electron chi connectivity index (χ0n) is 14.5. The van der Waals surface area contributed by atoms with E-state index in [1.807, 2.05) is 0 Å². The number of aliphatic hydroxyl groups excluding tert-OH is 2. The third-order valence-corrected chi connectivity index (χ3v) is 4.72. The highest BCUT2D eigenvalue weighted by Crippen LogP contribution is 2.39. The van der Waals surface area contributed by atoms with Crippen LogP contribution in [0.5, 0.6) is 0 Å². The molecule has 1 aliphatic carbocycles. The number of aliphatic hydroxyl groups is 2. The van der Waals surface area contributed by atoms with Crippen molar-refractivity contribution >= 4 is 0 Å². The van der Waals surface area contributed by atoms with Crippen molar-refractivity contribution in [3.8, 4) is 0 Å². The minimum Gasteiger partial charge on any atom is -0.395 e. The van der Waals surface area contributed by atoms with E-state index < -0.39 is 0 Å². The van der Waals surface area contributed by atoms with Gasteiger partial charge in [0.1, 0.15) is 0 Å². The number of hydrogen-bond donors (Lipinski definition) is 3. The van der Waals surface area contributed by atoms with Crippen LogP contribution in [0.1, 0.15) is 53.4 Å². The van der Waals surface area contributed by atoms with E-state index in [0.717, 1.165) is 19.0 Å². The molecule has 1 fully saturated rings. The Kier molecular flexibility index (Phi) is 7.62. The van der Waals surface area contributed by atoms with Crippen molar-refractivity contribution in [1.29, 1.82) is 0 Å². The lowest BCUT2D eigenvalue weighted by Crippen LogP contribution is -2.51. The van der Waals surface area contributed by atoms with Gasteiger partial charge >= 0.3 is 0 Å². The molecule has 0 unspecified atom stereocenters. The monoisotopic (exact) mass is 300 g/mol. The molecular formula is C17H36N2O2. The lowest BCUT2D eigenvalue weighted by Gasteiger charge is -2.44. The standard InChI is InChI=1S/C17H36N2O2/c1-15-5-7-17(8-6-15,13-18-16(2,3)4)14-19(9-11-20)10-12-21/h15,18,20-21H,5-14H2,1-4H3. The third-order valence-electron chi connectivity index (χ3n) is 4.72. The Hall–Kier alpha value is -0.160. The molecular weight excluding hydrogens is 264 g/mol. The van der Waals surface area contributed by atoms with Gasteiger partial charge in [0.25, 0.3) is 0 Å². The molecule has 0 heterocycles. The van der Waals surface area contributed by atoms with Crippen molar-refractivity contribution in [2.45, 2.75) is 58.9 Å². The second-order valence-corrected chi connectivity index (χ2v) is 8.01. The summed E-state index contributed by atoms with van der Waals surface area (Å²) in [6.45, 7) is 12.6. The molecule has 1 rings (SSSR count). The van der Waals surface area contributed by atoms with Crippen LogP contribution < -0.4 is 5.32 Å². The highest BCUT2D eigenvalue weighted by molar-refractivity contribution is 4.91. The Morgan fingerprint density at radius 1 is 1.10 bits per heavy atom. The van der Waals surface area contributed by atoms with Crippen molar-refractivity contribution in [2.75, 3.05) is 39.4 Å².